The molecule has 1 aliphatic rings. The van der Waals surface area contributed by atoms with Crippen LogP contribution in [0.15, 0.2) is 0 Å². The summed E-state index contributed by atoms with van der Waals surface area (Å²) in [6, 6.07) is -0.523. The monoisotopic (exact) mass is 183 g/mol. The zero-order valence-electron chi connectivity index (χ0n) is 6.56. The van der Waals surface area contributed by atoms with Crippen molar-refractivity contribution < 1.29 is 18.3 Å². The van der Waals surface area contributed by atoms with Gasteiger partial charge in [-0.15, -0.1) is 0 Å². The fourth-order valence-corrected chi connectivity index (χ4v) is 1.55. The molecule has 3 N–H and O–H groups in total. The van der Waals surface area contributed by atoms with Gasteiger partial charge < -0.3 is 10.8 Å². The molecule has 0 unspecified atom stereocenters. The molecule has 0 aliphatic heterocycles. The van der Waals surface area contributed by atoms with E-state index >= 15 is 0 Å². The van der Waals surface area contributed by atoms with Crippen LogP contribution < -0.4 is 5.73 Å². The molecule has 1 saturated carbocycles. The topological polar surface area (TPSA) is 46.2 Å². The Bertz CT molecular complexity index is 171. The van der Waals surface area contributed by atoms with Crippen LogP contribution >= 0.6 is 0 Å². The Labute approximate surface area is 68.6 Å². The second-order valence-electron chi connectivity index (χ2n) is 3.39. The first-order valence-corrected chi connectivity index (χ1v) is 3.90. The highest BCUT2D eigenvalue weighted by Crippen LogP contribution is 2.40. The molecule has 0 aromatic carbocycles. The van der Waals surface area contributed by atoms with Crippen molar-refractivity contribution in [2.24, 2.45) is 5.73 Å². The summed E-state index contributed by atoms with van der Waals surface area (Å²) in [5, 5.41) is 9.17. The molecule has 0 aromatic rings. The first-order valence-electron chi connectivity index (χ1n) is 3.90. The summed E-state index contributed by atoms with van der Waals surface area (Å²) in [5.74, 6) is 0. The predicted octanol–water partition coefficient (Wildman–Crippen LogP) is 1.18. The van der Waals surface area contributed by atoms with E-state index in [4.69, 9.17) is 5.73 Å². The van der Waals surface area contributed by atoms with Gasteiger partial charge in [-0.1, -0.05) is 0 Å². The zero-order chi connectivity index (χ0) is 9.41. The van der Waals surface area contributed by atoms with Crippen LogP contribution in [0.4, 0.5) is 13.2 Å². The van der Waals surface area contributed by atoms with E-state index in [1.54, 1.807) is 0 Å². The van der Waals surface area contributed by atoms with Crippen LogP contribution in [0.1, 0.15) is 25.7 Å². The third-order valence-corrected chi connectivity index (χ3v) is 2.29. The van der Waals surface area contributed by atoms with Gasteiger partial charge in [0.15, 0.2) is 5.60 Å². The average Bonchev–Trinajstić information content (AvgIpc) is 1.83. The summed E-state index contributed by atoms with van der Waals surface area (Å²) < 4.78 is 36.6. The molecule has 5 heteroatoms. The van der Waals surface area contributed by atoms with Gasteiger partial charge in [-0.2, -0.15) is 13.2 Å². The van der Waals surface area contributed by atoms with E-state index < -0.39 is 17.8 Å². The SMILES string of the molecule is N[C@H]1CCC[C@@](O)(C(F)(F)F)C1. The summed E-state index contributed by atoms with van der Waals surface area (Å²) in [6.45, 7) is 0. The normalized spacial score (nSPS) is 38.2. The van der Waals surface area contributed by atoms with Crippen LogP contribution in [0, 0.1) is 0 Å². The van der Waals surface area contributed by atoms with Gasteiger partial charge in [-0.3, -0.25) is 0 Å². The number of aliphatic hydroxyl groups is 1. The highest BCUT2D eigenvalue weighted by Gasteiger charge is 2.54. The van der Waals surface area contributed by atoms with Crippen molar-refractivity contribution in [3.63, 3.8) is 0 Å². The van der Waals surface area contributed by atoms with Crippen molar-refractivity contribution in [3.8, 4) is 0 Å². The summed E-state index contributed by atoms with van der Waals surface area (Å²) in [4.78, 5) is 0. The smallest absolute Gasteiger partial charge is 0.380 e. The minimum Gasteiger partial charge on any atom is -0.380 e. The second kappa shape index (κ2) is 2.88. The maximum Gasteiger partial charge on any atom is 0.417 e. The van der Waals surface area contributed by atoms with E-state index in [1.807, 2.05) is 0 Å². The Morgan fingerprint density at radius 3 is 2.33 bits per heavy atom. The number of hydrogen-bond acceptors (Lipinski definition) is 2. The maximum absolute atomic E-state index is 12.2. The molecule has 1 fully saturated rings. The Kier molecular flexibility index (Phi) is 2.35. The van der Waals surface area contributed by atoms with E-state index in [1.165, 1.54) is 0 Å². The fraction of sp³-hybridized carbons (Fsp3) is 1.00. The molecule has 0 aromatic heterocycles. The second-order valence-corrected chi connectivity index (χ2v) is 3.39. The van der Waals surface area contributed by atoms with Gasteiger partial charge in [0, 0.05) is 12.5 Å². The molecular formula is C7H12F3NO. The first-order chi connectivity index (χ1) is 5.35. The Balaban J connectivity index is 2.70. The number of nitrogens with two attached hydrogens (primary N) is 1. The van der Waals surface area contributed by atoms with Gasteiger partial charge in [-0.25, -0.2) is 0 Å². The Hall–Kier alpha value is -0.290. The molecule has 0 saturated heterocycles. The van der Waals surface area contributed by atoms with Gasteiger partial charge >= 0.3 is 6.18 Å². The standard InChI is InChI=1S/C7H12F3NO/c8-7(9,10)6(12)3-1-2-5(11)4-6/h5,12H,1-4,11H2/t5-,6-/m0/s1. The van der Waals surface area contributed by atoms with Crippen LogP contribution in [0.5, 0.6) is 0 Å². The molecule has 0 spiro atoms. The van der Waals surface area contributed by atoms with Crippen LogP contribution in [0.3, 0.4) is 0 Å². The minimum absolute atomic E-state index is 0.218. The maximum atomic E-state index is 12.2. The quantitative estimate of drug-likeness (QED) is 0.592. The van der Waals surface area contributed by atoms with E-state index in [0.29, 0.717) is 12.8 Å². The van der Waals surface area contributed by atoms with E-state index in [9.17, 15) is 18.3 Å². The average molecular weight is 183 g/mol. The Morgan fingerprint density at radius 1 is 1.42 bits per heavy atom. The molecule has 2 atom stereocenters. The lowest BCUT2D eigenvalue weighted by Crippen LogP contribution is -2.51. The lowest BCUT2D eigenvalue weighted by molar-refractivity contribution is -0.270. The van der Waals surface area contributed by atoms with Crippen molar-refractivity contribution in [1.82, 2.24) is 0 Å². The van der Waals surface area contributed by atoms with Crippen LogP contribution in [0.2, 0.25) is 0 Å². The third kappa shape index (κ3) is 1.72. The molecule has 12 heavy (non-hydrogen) atoms. The minimum atomic E-state index is -4.54. The summed E-state index contributed by atoms with van der Waals surface area (Å²) in [6.07, 6.45) is -4.21. The van der Waals surface area contributed by atoms with Gasteiger partial charge in [0.25, 0.3) is 0 Å². The summed E-state index contributed by atoms with van der Waals surface area (Å²) >= 11 is 0. The molecule has 0 bridgehead atoms. The highest BCUT2D eigenvalue weighted by molar-refractivity contribution is 4.93. The van der Waals surface area contributed by atoms with Crippen LogP contribution in [-0.2, 0) is 0 Å². The van der Waals surface area contributed by atoms with Crippen molar-refractivity contribution in [1.29, 1.82) is 0 Å². The molecular weight excluding hydrogens is 171 g/mol. The van der Waals surface area contributed by atoms with Gasteiger partial charge in [-0.05, 0) is 19.3 Å². The molecule has 0 heterocycles. The third-order valence-electron chi connectivity index (χ3n) is 2.29. The Morgan fingerprint density at radius 2 is 2.00 bits per heavy atom. The molecule has 0 radical (unpaired) electrons. The number of hydrogen-bond donors (Lipinski definition) is 2. The number of rotatable bonds is 0. The van der Waals surface area contributed by atoms with Gasteiger partial charge in [0.05, 0.1) is 0 Å². The van der Waals surface area contributed by atoms with Crippen LogP contribution in [0.25, 0.3) is 0 Å². The summed E-state index contributed by atoms with van der Waals surface area (Å²) in [5.41, 5.74) is 2.81. The largest absolute Gasteiger partial charge is 0.417 e. The van der Waals surface area contributed by atoms with Crippen molar-refractivity contribution in [3.05, 3.63) is 0 Å². The van der Waals surface area contributed by atoms with E-state index in [0.717, 1.165) is 0 Å². The summed E-state index contributed by atoms with van der Waals surface area (Å²) in [7, 11) is 0. The van der Waals surface area contributed by atoms with Crippen molar-refractivity contribution in [2.45, 2.75) is 43.5 Å². The molecule has 2 nitrogen and oxygen atoms in total. The number of halogens is 3. The molecule has 1 aliphatic carbocycles. The van der Waals surface area contributed by atoms with Crippen molar-refractivity contribution in [2.75, 3.05) is 0 Å². The first kappa shape index (κ1) is 9.80. The fourth-order valence-electron chi connectivity index (χ4n) is 1.55. The highest BCUT2D eigenvalue weighted by atomic mass is 19.4. The van der Waals surface area contributed by atoms with Gasteiger partial charge in [0.2, 0.25) is 0 Å². The lowest BCUT2D eigenvalue weighted by Gasteiger charge is -2.36. The molecule has 1 rings (SSSR count). The van der Waals surface area contributed by atoms with E-state index in [2.05, 4.69) is 0 Å². The molecule has 72 valence electrons. The lowest BCUT2D eigenvalue weighted by atomic mass is 9.82. The zero-order valence-corrected chi connectivity index (χ0v) is 6.56. The predicted molar refractivity (Wildman–Crippen MR) is 37.4 cm³/mol. The van der Waals surface area contributed by atoms with Crippen LogP contribution in [-0.4, -0.2) is 22.9 Å². The number of alkyl halides is 3. The van der Waals surface area contributed by atoms with Crippen molar-refractivity contribution >= 4 is 0 Å². The molecule has 0 amide bonds. The van der Waals surface area contributed by atoms with Gasteiger partial charge in [0.1, 0.15) is 0 Å². The van der Waals surface area contributed by atoms with E-state index in [-0.39, 0.29) is 12.8 Å².